The molecule has 2 fully saturated rings. The Morgan fingerprint density at radius 1 is 1.24 bits per heavy atom. The fraction of sp³-hybridized carbons (Fsp3) is 0.588. The van der Waals surface area contributed by atoms with E-state index in [9.17, 15) is 8.42 Å². The van der Waals surface area contributed by atoms with Gasteiger partial charge in [0.1, 0.15) is 0 Å². The molecular weight excluding hydrogens is 360 g/mol. The van der Waals surface area contributed by atoms with E-state index in [1.165, 1.54) is 11.3 Å². The van der Waals surface area contributed by atoms with Crippen molar-refractivity contribution >= 4 is 31.4 Å². The van der Waals surface area contributed by atoms with E-state index >= 15 is 0 Å². The molecule has 4 rings (SSSR count). The van der Waals surface area contributed by atoms with E-state index in [1.807, 2.05) is 31.2 Å². The van der Waals surface area contributed by atoms with Gasteiger partial charge in [0.15, 0.2) is 5.79 Å². The van der Waals surface area contributed by atoms with Crippen molar-refractivity contribution in [3.8, 4) is 0 Å². The number of nitrogens with zero attached hydrogens (tertiary/aromatic N) is 2. The number of fused-ring (bicyclic) bond motifs is 1. The Bertz CT molecular complexity index is 815. The predicted molar refractivity (Wildman–Crippen MR) is 96.6 cm³/mol. The van der Waals surface area contributed by atoms with E-state index in [-0.39, 0.29) is 16.1 Å². The average molecular weight is 383 g/mol. The maximum absolute atomic E-state index is 12.8. The van der Waals surface area contributed by atoms with E-state index in [1.54, 1.807) is 0 Å². The van der Waals surface area contributed by atoms with Gasteiger partial charge in [-0.3, -0.25) is 4.90 Å². The fourth-order valence-corrected chi connectivity index (χ4v) is 6.47. The Morgan fingerprint density at radius 2 is 1.92 bits per heavy atom. The molecule has 25 heavy (non-hydrogen) atoms. The van der Waals surface area contributed by atoms with Gasteiger partial charge in [0.25, 0.3) is 0 Å². The average Bonchev–Trinajstić information content (AvgIpc) is 3.22. The molecule has 2 aliphatic rings. The molecule has 0 radical (unpaired) electrons. The third-order valence-corrected chi connectivity index (χ3v) is 8.39. The van der Waals surface area contributed by atoms with Crippen LogP contribution in [0.25, 0.3) is 10.2 Å². The zero-order chi connectivity index (χ0) is 17.5. The molecule has 1 atom stereocenters. The van der Waals surface area contributed by atoms with Crippen LogP contribution in [0.3, 0.4) is 0 Å². The lowest BCUT2D eigenvalue weighted by molar-refractivity contribution is -0.187. The maximum Gasteiger partial charge on any atom is 0.210 e. The van der Waals surface area contributed by atoms with E-state index in [4.69, 9.17) is 9.47 Å². The quantitative estimate of drug-likeness (QED) is 0.808. The van der Waals surface area contributed by atoms with E-state index in [2.05, 4.69) is 9.88 Å². The number of benzene rings is 1. The summed E-state index contributed by atoms with van der Waals surface area (Å²) in [6.07, 6.45) is 1.58. The lowest BCUT2D eigenvalue weighted by Crippen LogP contribution is -2.49. The summed E-state index contributed by atoms with van der Waals surface area (Å²) in [5.41, 5.74) is 0.745. The molecule has 1 aromatic carbocycles. The lowest BCUT2D eigenvalue weighted by Gasteiger charge is -2.40. The summed E-state index contributed by atoms with van der Waals surface area (Å²) >= 11 is 1.25. The molecule has 8 heteroatoms. The fourth-order valence-electron chi connectivity index (χ4n) is 3.57. The third kappa shape index (κ3) is 3.46. The number of sulfone groups is 1. The zero-order valence-corrected chi connectivity index (χ0v) is 15.8. The van der Waals surface area contributed by atoms with Crippen molar-refractivity contribution in [3.05, 3.63) is 24.3 Å². The van der Waals surface area contributed by atoms with Crippen LogP contribution in [0, 0.1) is 0 Å². The standard InChI is InChI=1S/C17H22N2O4S2/c1-13(19-8-6-17(7-9-19)22-10-11-23-17)12-25(20,21)16-18-14-4-2-3-5-15(14)24-16/h2-5,13H,6-12H2,1H3. The Kier molecular flexibility index (Phi) is 4.57. The first-order valence-electron chi connectivity index (χ1n) is 8.58. The highest BCUT2D eigenvalue weighted by Crippen LogP contribution is 2.32. The maximum atomic E-state index is 12.8. The van der Waals surface area contributed by atoms with Crippen molar-refractivity contribution in [1.82, 2.24) is 9.88 Å². The molecule has 0 bridgehead atoms. The van der Waals surface area contributed by atoms with Gasteiger partial charge in [-0.15, -0.1) is 11.3 Å². The van der Waals surface area contributed by atoms with Gasteiger partial charge in [-0.05, 0) is 19.1 Å². The highest BCUT2D eigenvalue weighted by atomic mass is 32.2. The van der Waals surface area contributed by atoms with Gasteiger partial charge >= 0.3 is 0 Å². The lowest BCUT2D eigenvalue weighted by atomic mass is 10.0. The summed E-state index contributed by atoms with van der Waals surface area (Å²) < 4.78 is 38.2. The van der Waals surface area contributed by atoms with Gasteiger partial charge < -0.3 is 9.47 Å². The van der Waals surface area contributed by atoms with Crippen molar-refractivity contribution in [3.63, 3.8) is 0 Å². The Hall–Kier alpha value is -1.06. The summed E-state index contributed by atoms with van der Waals surface area (Å²) in [4.78, 5) is 6.52. The molecule has 0 saturated carbocycles. The van der Waals surface area contributed by atoms with E-state index in [0.29, 0.717) is 13.2 Å². The highest BCUT2D eigenvalue weighted by Gasteiger charge is 2.41. The van der Waals surface area contributed by atoms with Crippen LogP contribution >= 0.6 is 11.3 Å². The Balaban J connectivity index is 1.43. The largest absolute Gasteiger partial charge is 0.347 e. The molecule has 0 N–H and O–H groups in total. The minimum atomic E-state index is -3.39. The zero-order valence-electron chi connectivity index (χ0n) is 14.2. The second-order valence-corrected chi connectivity index (χ2v) is 9.96. The molecule has 136 valence electrons. The first kappa shape index (κ1) is 17.4. The van der Waals surface area contributed by atoms with Crippen LogP contribution in [0.1, 0.15) is 19.8 Å². The molecule has 0 amide bonds. The van der Waals surface area contributed by atoms with Crippen LogP contribution < -0.4 is 0 Å². The topological polar surface area (TPSA) is 68.7 Å². The van der Waals surface area contributed by atoms with Gasteiger partial charge in [0.2, 0.25) is 14.2 Å². The number of thiazole rings is 1. The molecular formula is C17H22N2O4S2. The van der Waals surface area contributed by atoms with Crippen LogP contribution in [-0.4, -0.2) is 62.2 Å². The van der Waals surface area contributed by atoms with Gasteiger partial charge in [-0.25, -0.2) is 13.4 Å². The van der Waals surface area contributed by atoms with Crippen molar-refractivity contribution in [2.75, 3.05) is 32.1 Å². The number of hydrogen-bond donors (Lipinski definition) is 0. The van der Waals surface area contributed by atoms with Crippen LogP contribution in [0.2, 0.25) is 0 Å². The van der Waals surface area contributed by atoms with E-state index < -0.39 is 15.6 Å². The molecule has 2 saturated heterocycles. The van der Waals surface area contributed by atoms with Crippen molar-refractivity contribution in [2.24, 2.45) is 0 Å². The summed E-state index contributed by atoms with van der Waals surface area (Å²) in [5, 5.41) is 0. The van der Waals surface area contributed by atoms with Crippen LogP contribution in [0.4, 0.5) is 0 Å². The number of aromatic nitrogens is 1. The Labute approximate surface area is 151 Å². The summed E-state index contributed by atoms with van der Waals surface area (Å²) in [7, 11) is -3.39. The summed E-state index contributed by atoms with van der Waals surface area (Å²) in [6.45, 7) is 4.86. The highest BCUT2D eigenvalue weighted by molar-refractivity contribution is 7.93. The van der Waals surface area contributed by atoms with Gasteiger partial charge in [-0.2, -0.15) is 0 Å². The third-order valence-electron chi connectivity index (χ3n) is 5.00. The molecule has 1 aromatic heterocycles. The molecule has 6 nitrogen and oxygen atoms in total. The first-order chi connectivity index (χ1) is 12.0. The number of piperidine rings is 1. The minimum Gasteiger partial charge on any atom is -0.347 e. The Morgan fingerprint density at radius 3 is 2.60 bits per heavy atom. The summed E-state index contributed by atoms with van der Waals surface area (Å²) in [6, 6.07) is 7.46. The van der Waals surface area contributed by atoms with Crippen molar-refractivity contribution in [2.45, 2.75) is 35.9 Å². The number of hydrogen-bond acceptors (Lipinski definition) is 7. The molecule has 2 aliphatic heterocycles. The molecule has 2 aromatic rings. The number of likely N-dealkylation sites (tertiary alicyclic amines) is 1. The number of ether oxygens (including phenoxy) is 2. The predicted octanol–water partition coefficient (Wildman–Crippen LogP) is 2.30. The number of rotatable bonds is 4. The first-order valence-corrected chi connectivity index (χ1v) is 11.0. The minimum absolute atomic E-state index is 0.0595. The smallest absolute Gasteiger partial charge is 0.210 e. The molecule has 0 aliphatic carbocycles. The van der Waals surface area contributed by atoms with Crippen LogP contribution in [-0.2, 0) is 19.3 Å². The van der Waals surface area contributed by atoms with Crippen molar-refractivity contribution < 1.29 is 17.9 Å². The van der Waals surface area contributed by atoms with Gasteiger partial charge in [0.05, 0.1) is 29.2 Å². The summed E-state index contributed by atoms with van der Waals surface area (Å²) in [5.74, 6) is -0.344. The normalized spacial score (nSPS) is 22.6. The molecule has 1 spiro atoms. The van der Waals surface area contributed by atoms with Crippen LogP contribution in [0.15, 0.2) is 28.6 Å². The van der Waals surface area contributed by atoms with Crippen LogP contribution in [0.5, 0.6) is 0 Å². The van der Waals surface area contributed by atoms with Gasteiger partial charge in [0, 0.05) is 32.0 Å². The second-order valence-electron chi connectivity index (χ2n) is 6.72. The van der Waals surface area contributed by atoms with E-state index in [0.717, 1.165) is 36.1 Å². The second kappa shape index (κ2) is 6.59. The molecule has 1 unspecified atom stereocenters. The molecule has 3 heterocycles. The van der Waals surface area contributed by atoms with Crippen molar-refractivity contribution in [1.29, 1.82) is 0 Å². The van der Waals surface area contributed by atoms with Gasteiger partial charge in [-0.1, -0.05) is 12.1 Å². The monoisotopic (exact) mass is 382 g/mol. The number of para-hydroxylation sites is 1. The SMILES string of the molecule is CC(CS(=O)(=O)c1nc2ccccc2s1)N1CCC2(CC1)OCCO2.